The molecule has 0 spiro atoms. The van der Waals surface area contributed by atoms with Crippen LogP contribution in [-0.2, 0) is 0 Å². The van der Waals surface area contributed by atoms with E-state index in [0.29, 0.717) is 34.2 Å². The summed E-state index contributed by atoms with van der Waals surface area (Å²) in [5, 5.41) is 21.7. The highest BCUT2D eigenvalue weighted by Gasteiger charge is 2.26. The van der Waals surface area contributed by atoms with Crippen molar-refractivity contribution in [1.29, 1.82) is 0 Å². The highest BCUT2D eigenvalue weighted by atomic mass is 35.5. The lowest BCUT2D eigenvalue weighted by Gasteiger charge is -2.32. The monoisotopic (exact) mass is 509 g/mol. The maximum absolute atomic E-state index is 9.54. The van der Waals surface area contributed by atoms with Crippen LogP contribution in [0.5, 0.6) is 5.75 Å². The topological polar surface area (TPSA) is 114 Å². The van der Waals surface area contributed by atoms with E-state index in [-0.39, 0.29) is 13.3 Å². The molecule has 2 aromatic heterocycles. The summed E-state index contributed by atoms with van der Waals surface area (Å²) in [6, 6.07) is 7.83. The fraction of sp³-hybridized carbons (Fsp3) is 0.423. The van der Waals surface area contributed by atoms with E-state index in [1.807, 2.05) is 37.3 Å². The highest BCUT2D eigenvalue weighted by molar-refractivity contribution is 6.37. The van der Waals surface area contributed by atoms with Crippen LogP contribution >= 0.6 is 11.6 Å². The van der Waals surface area contributed by atoms with Crippen molar-refractivity contribution in [3.05, 3.63) is 52.6 Å². The van der Waals surface area contributed by atoms with E-state index in [1.54, 1.807) is 0 Å². The third-order valence-corrected chi connectivity index (χ3v) is 7.18. The van der Waals surface area contributed by atoms with Crippen molar-refractivity contribution in [2.24, 2.45) is 15.9 Å². The summed E-state index contributed by atoms with van der Waals surface area (Å²) >= 11 is 6.59. The Hall–Kier alpha value is -3.30. The molecule has 0 amide bonds. The number of aryl methyl sites for hydroxylation is 1. The number of aliphatic hydroxyl groups excluding tert-OH is 1. The fourth-order valence-corrected chi connectivity index (χ4v) is 4.80. The second-order valence-corrected chi connectivity index (χ2v) is 9.87. The largest absolute Gasteiger partial charge is 0.470 e. The average Bonchev–Trinajstić information content (AvgIpc) is 3.51. The van der Waals surface area contributed by atoms with Crippen LogP contribution < -0.4 is 10.1 Å². The van der Waals surface area contributed by atoms with Crippen LogP contribution in [0.4, 0.5) is 5.82 Å². The number of nitrogens with one attached hydrogen (secondary N) is 3. The molecule has 5 rings (SSSR count). The molecule has 0 bridgehead atoms. The number of rotatable bonds is 9. The van der Waals surface area contributed by atoms with Crippen molar-refractivity contribution in [3.63, 3.8) is 0 Å². The van der Waals surface area contributed by atoms with Gasteiger partial charge in [-0.1, -0.05) is 11.6 Å². The van der Waals surface area contributed by atoms with E-state index >= 15 is 0 Å². The van der Waals surface area contributed by atoms with Gasteiger partial charge < -0.3 is 25.0 Å². The minimum atomic E-state index is 0.0963. The Morgan fingerprint density at radius 3 is 2.83 bits per heavy atom. The first kappa shape index (κ1) is 24.4. The molecule has 3 heterocycles. The predicted octanol–water partition coefficient (Wildman–Crippen LogP) is 4.82. The second-order valence-electron chi connectivity index (χ2n) is 9.49. The number of likely N-dealkylation sites (tertiary alicyclic amines) is 1. The minimum Gasteiger partial charge on any atom is -0.470 e. The van der Waals surface area contributed by atoms with Gasteiger partial charge in [0, 0.05) is 60.0 Å². The lowest BCUT2D eigenvalue weighted by atomic mass is 9.98. The standard InChI is InChI=1S/C26H32ClN7O2/c1-16-11-19-20(30-16)5-6-22(26(19)27)36-15-29-25(34-9-7-17(14-35)8-10-34)13-23(28-2)31-24-12-21(32-33-24)18-3-4-18/h5-6,11-13,17-18,30,35H,2-4,7-10,14-15H2,1H3,(H2,31,32,33)/b23-13+,29-25+. The number of halogens is 1. The van der Waals surface area contributed by atoms with Gasteiger partial charge in [-0.05, 0) is 63.4 Å². The first-order valence-electron chi connectivity index (χ1n) is 12.4. The van der Waals surface area contributed by atoms with Crippen LogP contribution in [0.2, 0.25) is 5.02 Å². The molecule has 36 heavy (non-hydrogen) atoms. The first-order valence-corrected chi connectivity index (χ1v) is 12.7. The summed E-state index contributed by atoms with van der Waals surface area (Å²) < 4.78 is 5.97. The van der Waals surface area contributed by atoms with Crippen LogP contribution in [0.25, 0.3) is 10.9 Å². The molecule has 1 saturated heterocycles. The van der Waals surface area contributed by atoms with Crippen molar-refractivity contribution in [1.82, 2.24) is 20.1 Å². The number of fused-ring (bicyclic) bond motifs is 1. The first-order chi connectivity index (χ1) is 17.5. The Morgan fingerprint density at radius 2 is 2.11 bits per heavy atom. The molecule has 1 saturated carbocycles. The van der Waals surface area contributed by atoms with Crippen molar-refractivity contribution in [2.45, 2.75) is 38.5 Å². The smallest absolute Gasteiger partial charge is 0.181 e. The number of hydrogen-bond donors (Lipinski definition) is 4. The third-order valence-electron chi connectivity index (χ3n) is 6.79. The predicted molar refractivity (Wildman–Crippen MR) is 144 cm³/mol. The van der Waals surface area contributed by atoms with Gasteiger partial charge in [-0.2, -0.15) is 5.10 Å². The van der Waals surface area contributed by atoms with Crippen LogP contribution in [0, 0.1) is 12.8 Å². The van der Waals surface area contributed by atoms with E-state index in [4.69, 9.17) is 21.3 Å². The van der Waals surface area contributed by atoms with Gasteiger partial charge in [0.2, 0.25) is 0 Å². The summed E-state index contributed by atoms with van der Waals surface area (Å²) in [4.78, 5) is 14.4. The molecule has 0 unspecified atom stereocenters. The maximum Gasteiger partial charge on any atom is 0.181 e. The van der Waals surface area contributed by atoms with Gasteiger partial charge in [0.25, 0.3) is 0 Å². The Kier molecular flexibility index (Phi) is 7.29. The SMILES string of the molecule is C=N/C(=C\C(=N/COc1ccc2[nH]c(C)cc2c1Cl)N1CCC(CO)CC1)Nc1cc(C2CC2)[nH]n1. The number of H-pyrrole nitrogens is 2. The van der Waals surface area contributed by atoms with E-state index < -0.39 is 0 Å². The molecule has 4 N–H and O–H groups in total. The Labute approximate surface area is 215 Å². The van der Waals surface area contributed by atoms with Gasteiger partial charge in [0.1, 0.15) is 17.4 Å². The molecule has 1 aliphatic heterocycles. The van der Waals surface area contributed by atoms with E-state index in [2.05, 4.69) is 37.1 Å². The average molecular weight is 510 g/mol. The zero-order valence-electron chi connectivity index (χ0n) is 20.4. The summed E-state index contributed by atoms with van der Waals surface area (Å²) in [5.41, 5.74) is 3.15. The van der Waals surface area contributed by atoms with Gasteiger partial charge >= 0.3 is 0 Å². The number of amidine groups is 1. The van der Waals surface area contributed by atoms with Crippen molar-refractivity contribution in [3.8, 4) is 5.75 Å². The van der Waals surface area contributed by atoms with Gasteiger partial charge in [0.15, 0.2) is 12.5 Å². The molecular weight excluding hydrogens is 478 g/mol. The second kappa shape index (κ2) is 10.8. The van der Waals surface area contributed by atoms with Crippen LogP contribution in [0.3, 0.4) is 0 Å². The lowest BCUT2D eigenvalue weighted by molar-refractivity contribution is 0.166. The normalized spacial score (nSPS) is 17.6. The number of aromatic amines is 2. The molecule has 3 aromatic rings. The van der Waals surface area contributed by atoms with Gasteiger partial charge in [-0.25, -0.2) is 9.98 Å². The van der Waals surface area contributed by atoms with Crippen molar-refractivity contribution < 1.29 is 9.84 Å². The Morgan fingerprint density at radius 1 is 1.31 bits per heavy atom. The number of anilines is 1. The molecule has 2 aliphatic rings. The number of benzene rings is 1. The molecule has 10 heteroatoms. The van der Waals surface area contributed by atoms with E-state index in [0.717, 1.165) is 54.1 Å². The zero-order chi connectivity index (χ0) is 25.1. The lowest BCUT2D eigenvalue weighted by Crippen LogP contribution is -2.39. The number of nitrogens with zero attached hydrogens (tertiary/aromatic N) is 4. The number of aliphatic imine (C=N–C) groups is 2. The molecule has 190 valence electrons. The number of aliphatic hydroxyl groups is 1. The van der Waals surface area contributed by atoms with Crippen molar-refractivity contribution >= 4 is 40.9 Å². The van der Waals surface area contributed by atoms with Crippen LogP contribution in [-0.4, -0.2) is 64.2 Å². The molecule has 1 aliphatic carbocycles. The van der Waals surface area contributed by atoms with Gasteiger partial charge in [-0.15, -0.1) is 0 Å². The third kappa shape index (κ3) is 5.57. The van der Waals surface area contributed by atoms with Crippen LogP contribution in [0.15, 0.2) is 46.1 Å². The fourth-order valence-electron chi connectivity index (χ4n) is 4.53. The number of aromatic nitrogens is 3. The zero-order valence-corrected chi connectivity index (χ0v) is 21.2. The molecule has 0 radical (unpaired) electrons. The summed E-state index contributed by atoms with van der Waals surface area (Å²) in [6.07, 6.45) is 6.06. The van der Waals surface area contributed by atoms with Gasteiger partial charge in [0.05, 0.1) is 5.02 Å². The molecular formula is C26H32ClN7O2. The summed E-state index contributed by atoms with van der Waals surface area (Å²) in [7, 11) is 0. The molecule has 2 fully saturated rings. The van der Waals surface area contributed by atoms with E-state index in [9.17, 15) is 5.11 Å². The Bertz CT molecular complexity index is 1280. The van der Waals surface area contributed by atoms with Crippen LogP contribution in [0.1, 0.15) is 43.0 Å². The summed E-state index contributed by atoms with van der Waals surface area (Å²) in [5.74, 6) is 3.47. The molecule has 9 nitrogen and oxygen atoms in total. The highest BCUT2D eigenvalue weighted by Crippen LogP contribution is 2.39. The van der Waals surface area contributed by atoms with Crippen molar-refractivity contribution in [2.75, 3.05) is 31.7 Å². The molecule has 1 aromatic carbocycles. The Balaban J connectivity index is 1.34. The van der Waals surface area contributed by atoms with E-state index in [1.165, 1.54) is 12.8 Å². The quantitative estimate of drug-likeness (QED) is 0.244. The maximum atomic E-state index is 9.54. The number of ether oxygens (including phenoxy) is 1. The molecule has 0 atom stereocenters. The van der Waals surface area contributed by atoms with Gasteiger partial charge in [-0.3, -0.25) is 5.10 Å². The summed E-state index contributed by atoms with van der Waals surface area (Å²) in [6.45, 7) is 7.60. The number of hydrogen-bond acceptors (Lipinski definition) is 6. The minimum absolute atomic E-state index is 0.0963. The number of piperidine rings is 1.